The Morgan fingerprint density at radius 3 is 2.33 bits per heavy atom. The molecular weight excluding hydrogens is 374 g/mol. The number of nitrogens with one attached hydrogen (secondary N) is 1. The molecule has 1 atom stereocenters. The van der Waals surface area contributed by atoms with E-state index in [4.69, 9.17) is 37.8 Å². The summed E-state index contributed by atoms with van der Waals surface area (Å²) < 4.78 is 47.1. The Kier molecular flexibility index (Phi) is 8.79. The van der Waals surface area contributed by atoms with Gasteiger partial charge >= 0.3 is 12.1 Å². The topological polar surface area (TPSA) is 67.8 Å². The molecule has 0 aliphatic carbocycles. The number of benzene rings is 1. The minimum Gasteiger partial charge on any atom is -0.462 e. The van der Waals surface area contributed by atoms with Crippen LogP contribution < -0.4 is 5.32 Å². The molecule has 1 aromatic rings. The number of carbonyl (C=O) groups is 1. The molecule has 2 N–H and O–H groups in total. The summed E-state index contributed by atoms with van der Waals surface area (Å²) in [5, 5.41) is 11.0. The third kappa shape index (κ3) is 8.16. The molecule has 0 radical (unpaired) electrons. The fourth-order valence-electron chi connectivity index (χ4n) is 1.75. The molecule has 1 rings (SSSR count). The minimum atomic E-state index is -4.51. The number of hydrogen-bond acceptors (Lipinski definition) is 5. The Bertz CT molecular complexity index is 523. The van der Waals surface area contributed by atoms with Crippen molar-refractivity contribution >= 4 is 29.2 Å². The van der Waals surface area contributed by atoms with E-state index in [-0.39, 0.29) is 42.0 Å². The van der Waals surface area contributed by atoms with Crippen molar-refractivity contribution in [2.75, 3.05) is 33.0 Å². The van der Waals surface area contributed by atoms with Crippen LogP contribution in [0.2, 0.25) is 10.0 Å². The summed E-state index contributed by atoms with van der Waals surface area (Å²) in [7, 11) is 0. The van der Waals surface area contributed by atoms with Crippen LogP contribution in [0.1, 0.15) is 11.6 Å². The van der Waals surface area contributed by atoms with Gasteiger partial charge in [-0.1, -0.05) is 23.2 Å². The summed E-state index contributed by atoms with van der Waals surface area (Å²) in [5.41, 5.74) is 0.151. The molecule has 0 bridgehead atoms. The zero-order valence-corrected chi connectivity index (χ0v) is 13.9. The Morgan fingerprint density at radius 2 is 1.79 bits per heavy atom. The van der Waals surface area contributed by atoms with Crippen LogP contribution in [0.4, 0.5) is 13.2 Å². The first kappa shape index (κ1) is 21.0. The number of hydrogen-bond donors (Lipinski definition) is 2. The lowest BCUT2D eigenvalue weighted by Gasteiger charge is -2.19. The van der Waals surface area contributed by atoms with Crippen LogP contribution in [0.5, 0.6) is 0 Å². The van der Waals surface area contributed by atoms with Crippen LogP contribution in [0, 0.1) is 0 Å². The van der Waals surface area contributed by atoms with Gasteiger partial charge in [-0.15, -0.1) is 0 Å². The number of esters is 1. The average Bonchev–Trinajstić information content (AvgIpc) is 2.45. The van der Waals surface area contributed by atoms with Crippen molar-refractivity contribution in [2.45, 2.75) is 12.2 Å². The summed E-state index contributed by atoms with van der Waals surface area (Å²) in [6.07, 6.45) is -4.51. The van der Waals surface area contributed by atoms with Crippen LogP contribution in [-0.2, 0) is 14.3 Å². The monoisotopic (exact) mass is 389 g/mol. The maximum absolute atomic E-state index is 12.4. The van der Waals surface area contributed by atoms with Gasteiger partial charge in [-0.3, -0.25) is 5.32 Å². The summed E-state index contributed by atoms with van der Waals surface area (Å²) in [6, 6.07) is 2.65. The van der Waals surface area contributed by atoms with Crippen molar-refractivity contribution in [3.05, 3.63) is 33.8 Å². The summed E-state index contributed by atoms with van der Waals surface area (Å²) in [5.74, 6) is -0.926. The second-order valence-electron chi connectivity index (χ2n) is 4.64. The molecule has 1 aromatic carbocycles. The highest BCUT2D eigenvalue weighted by Gasteiger charge is 2.31. The van der Waals surface area contributed by atoms with Crippen LogP contribution in [-0.4, -0.2) is 50.2 Å². The van der Waals surface area contributed by atoms with Crippen molar-refractivity contribution in [1.82, 2.24) is 5.32 Å². The van der Waals surface area contributed by atoms with Gasteiger partial charge in [0.1, 0.15) is 12.6 Å². The number of aliphatic hydroxyl groups is 1. The number of halogens is 5. The van der Waals surface area contributed by atoms with Gasteiger partial charge in [0.15, 0.2) is 0 Å². The van der Waals surface area contributed by atoms with E-state index in [1.165, 1.54) is 18.2 Å². The van der Waals surface area contributed by atoms with Crippen molar-refractivity contribution in [3.8, 4) is 0 Å². The first-order valence-corrected chi connectivity index (χ1v) is 7.60. The second kappa shape index (κ2) is 10.0. The second-order valence-corrected chi connectivity index (χ2v) is 5.51. The van der Waals surface area contributed by atoms with Crippen molar-refractivity contribution in [2.24, 2.45) is 0 Å². The molecule has 0 saturated carbocycles. The van der Waals surface area contributed by atoms with E-state index in [0.29, 0.717) is 0 Å². The first-order valence-electron chi connectivity index (χ1n) is 6.84. The SMILES string of the molecule is O=C(OCCOCCO)C(NCC(F)(F)F)c1cc(Cl)cc(Cl)c1. The van der Waals surface area contributed by atoms with Crippen molar-refractivity contribution in [1.29, 1.82) is 0 Å². The average molecular weight is 390 g/mol. The van der Waals surface area contributed by atoms with Gasteiger partial charge in [-0.2, -0.15) is 13.2 Å². The first-order chi connectivity index (χ1) is 11.2. The smallest absolute Gasteiger partial charge is 0.401 e. The molecular formula is C14H16Cl2F3NO4. The zero-order valence-electron chi connectivity index (χ0n) is 12.4. The molecule has 24 heavy (non-hydrogen) atoms. The Labute approximate surface area is 146 Å². The van der Waals surface area contributed by atoms with Gasteiger partial charge in [-0.25, -0.2) is 4.79 Å². The highest BCUT2D eigenvalue weighted by Crippen LogP contribution is 2.25. The number of carbonyl (C=O) groups excluding carboxylic acids is 1. The number of aliphatic hydroxyl groups excluding tert-OH is 1. The fourth-order valence-corrected chi connectivity index (χ4v) is 2.29. The van der Waals surface area contributed by atoms with E-state index in [0.717, 1.165) is 0 Å². The maximum Gasteiger partial charge on any atom is 0.401 e. The van der Waals surface area contributed by atoms with E-state index in [1.807, 2.05) is 0 Å². The highest BCUT2D eigenvalue weighted by molar-refractivity contribution is 6.34. The van der Waals surface area contributed by atoms with E-state index < -0.39 is 24.7 Å². The maximum atomic E-state index is 12.4. The number of rotatable bonds is 9. The molecule has 1 unspecified atom stereocenters. The standard InChI is InChI=1S/C14H16Cl2F3NO4/c15-10-5-9(6-11(16)7-10)12(20-8-14(17,18)19)13(22)24-4-3-23-2-1-21/h5-7,12,20-21H,1-4,8H2. The summed E-state index contributed by atoms with van der Waals surface area (Å²) in [6.45, 7) is -1.67. The van der Waals surface area contributed by atoms with Crippen LogP contribution in [0.25, 0.3) is 0 Å². The number of ether oxygens (including phenoxy) is 2. The van der Waals surface area contributed by atoms with Gasteiger partial charge in [0.2, 0.25) is 0 Å². The fraction of sp³-hybridized carbons (Fsp3) is 0.500. The van der Waals surface area contributed by atoms with Crippen molar-refractivity contribution < 1.29 is 32.5 Å². The molecule has 0 heterocycles. The summed E-state index contributed by atoms with van der Waals surface area (Å²) >= 11 is 11.6. The third-order valence-electron chi connectivity index (χ3n) is 2.67. The highest BCUT2D eigenvalue weighted by atomic mass is 35.5. The van der Waals surface area contributed by atoms with E-state index in [9.17, 15) is 18.0 Å². The largest absolute Gasteiger partial charge is 0.462 e. The molecule has 0 fully saturated rings. The van der Waals surface area contributed by atoms with E-state index in [2.05, 4.69) is 5.32 Å². The zero-order chi connectivity index (χ0) is 18.2. The van der Waals surface area contributed by atoms with Gasteiger partial charge in [-0.05, 0) is 23.8 Å². The third-order valence-corrected chi connectivity index (χ3v) is 3.10. The number of alkyl halides is 3. The van der Waals surface area contributed by atoms with E-state index >= 15 is 0 Å². The Morgan fingerprint density at radius 1 is 1.17 bits per heavy atom. The molecule has 0 aromatic heterocycles. The van der Waals surface area contributed by atoms with Crippen LogP contribution >= 0.6 is 23.2 Å². The molecule has 0 aliphatic rings. The predicted octanol–water partition coefficient (Wildman–Crippen LogP) is 2.74. The van der Waals surface area contributed by atoms with Crippen molar-refractivity contribution in [3.63, 3.8) is 0 Å². The molecule has 5 nitrogen and oxygen atoms in total. The van der Waals surface area contributed by atoms with Gasteiger partial charge < -0.3 is 14.6 Å². The van der Waals surface area contributed by atoms with Gasteiger partial charge in [0, 0.05) is 10.0 Å². The minimum absolute atomic E-state index is 0.00852. The predicted molar refractivity (Wildman–Crippen MR) is 82.1 cm³/mol. The molecule has 0 amide bonds. The molecule has 0 aliphatic heterocycles. The molecule has 0 spiro atoms. The van der Waals surface area contributed by atoms with Gasteiger partial charge in [0.25, 0.3) is 0 Å². The van der Waals surface area contributed by atoms with Gasteiger partial charge in [0.05, 0.1) is 26.4 Å². The lowest BCUT2D eigenvalue weighted by Crippen LogP contribution is -2.37. The lowest BCUT2D eigenvalue weighted by molar-refractivity contribution is -0.151. The quantitative estimate of drug-likeness (QED) is 0.502. The lowest BCUT2D eigenvalue weighted by atomic mass is 10.1. The summed E-state index contributed by atoms with van der Waals surface area (Å²) in [4.78, 5) is 12.1. The molecule has 0 saturated heterocycles. The normalized spacial score (nSPS) is 12.9. The molecule has 136 valence electrons. The van der Waals surface area contributed by atoms with Crippen LogP contribution in [0.15, 0.2) is 18.2 Å². The molecule has 10 heteroatoms. The van der Waals surface area contributed by atoms with E-state index in [1.54, 1.807) is 0 Å². The Hall–Kier alpha value is -1.06. The van der Waals surface area contributed by atoms with Crippen LogP contribution in [0.3, 0.4) is 0 Å². The Balaban J connectivity index is 2.78.